The Labute approximate surface area is 165 Å². The molecule has 1 aliphatic heterocycles. The third-order valence-corrected chi connectivity index (χ3v) is 5.50. The molecule has 0 saturated carbocycles. The summed E-state index contributed by atoms with van der Waals surface area (Å²) in [5.41, 5.74) is 3.81. The molecule has 28 heavy (non-hydrogen) atoms. The predicted octanol–water partition coefficient (Wildman–Crippen LogP) is 4.14. The van der Waals surface area contributed by atoms with Gasteiger partial charge >= 0.3 is 0 Å². The Bertz CT molecular complexity index is 919. The Hall–Kier alpha value is -2.73. The van der Waals surface area contributed by atoms with Crippen LogP contribution in [-0.4, -0.2) is 46.3 Å². The van der Waals surface area contributed by atoms with Gasteiger partial charge in [-0.25, -0.2) is 4.98 Å². The van der Waals surface area contributed by atoms with E-state index >= 15 is 0 Å². The van der Waals surface area contributed by atoms with Crippen LogP contribution in [0.2, 0.25) is 0 Å². The summed E-state index contributed by atoms with van der Waals surface area (Å²) in [5.74, 6) is 2.09. The summed E-state index contributed by atoms with van der Waals surface area (Å²) in [6.45, 7) is 6.55. The zero-order valence-electron chi connectivity index (χ0n) is 16.7. The van der Waals surface area contributed by atoms with Crippen molar-refractivity contribution in [1.82, 2.24) is 20.1 Å². The average molecular weight is 378 g/mol. The van der Waals surface area contributed by atoms with Gasteiger partial charge in [0.1, 0.15) is 5.76 Å². The number of rotatable bonds is 6. The minimum absolute atomic E-state index is 0.506. The summed E-state index contributed by atoms with van der Waals surface area (Å²) in [5, 5.41) is 8.21. The fraction of sp³-hybridized carbons (Fsp3) is 0.409. The topological polar surface area (TPSA) is 64.3 Å². The molecule has 2 aromatic heterocycles. The normalized spacial score (nSPS) is 17.2. The molecule has 0 bridgehead atoms. The van der Waals surface area contributed by atoms with Crippen molar-refractivity contribution in [2.75, 3.05) is 20.2 Å². The molecule has 4 rings (SSSR count). The first-order valence-corrected chi connectivity index (χ1v) is 9.83. The SMILES string of the molecule is COc1ccc(-c2ccc(-c3nc(CCN4CCC[C@H]4C)c(C)o3)cc2)nn1. The van der Waals surface area contributed by atoms with Crippen molar-refractivity contribution in [1.29, 1.82) is 0 Å². The van der Waals surface area contributed by atoms with Crippen LogP contribution in [0.25, 0.3) is 22.7 Å². The molecule has 0 spiro atoms. The summed E-state index contributed by atoms with van der Waals surface area (Å²) < 4.78 is 11.0. The molecule has 0 radical (unpaired) electrons. The third-order valence-electron chi connectivity index (χ3n) is 5.50. The summed E-state index contributed by atoms with van der Waals surface area (Å²) in [6.07, 6.45) is 3.53. The highest BCUT2D eigenvalue weighted by atomic mass is 16.5. The van der Waals surface area contributed by atoms with Gasteiger partial charge in [0.2, 0.25) is 11.8 Å². The highest BCUT2D eigenvalue weighted by molar-refractivity contribution is 5.64. The first-order valence-electron chi connectivity index (χ1n) is 9.83. The Balaban J connectivity index is 1.46. The highest BCUT2D eigenvalue weighted by Crippen LogP contribution is 2.26. The molecule has 1 fully saturated rings. The van der Waals surface area contributed by atoms with Crippen LogP contribution >= 0.6 is 0 Å². The van der Waals surface area contributed by atoms with E-state index in [0.717, 1.165) is 41.2 Å². The van der Waals surface area contributed by atoms with Gasteiger partial charge in [-0.05, 0) is 51.4 Å². The van der Waals surface area contributed by atoms with Gasteiger partial charge in [0.05, 0.1) is 18.5 Å². The van der Waals surface area contributed by atoms with E-state index in [9.17, 15) is 0 Å². The molecule has 3 aromatic rings. The van der Waals surface area contributed by atoms with Crippen LogP contribution in [0.15, 0.2) is 40.8 Å². The zero-order chi connectivity index (χ0) is 19.5. The number of likely N-dealkylation sites (tertiary alicyclic amines) is 1. The van der Waals surface area contributed by atoms with Crippen LogP contribution < -0.4 is 4.74 Å². The largest absolute Gasteiger partial charge is 0.480 e. The Kier molecular flexibility index (Phi) is 5.39. The van der Waals surface area contributed by atoms with E-state index in [0.29, 0.717) is 17.8 Å². The molecular weight excluding hydrogens is 352 g/mol. The smallest absolute Gasteiger partial charge is 0.233 e. The number of benzene rings is 1. The first-order chi connectivity index (χ1) is 13.6. The number of hydrogen-bond acceptors (Lipinski definition) is 6. The van der Waals surface area contributed by atoms with E-state index in [4.69, 9.17) is 14.1 Å². The van der Waals surface area contributed by atoms with Crippen LogP contribution in [0.1, 0.15) is 31.2 Å². The third kappa shape index (κ3) is 3.92. The van der Waals surface area contributed by atoms with E-state index in [1.807, 2.05) is 37.3 Å². The number of aryl methyl sites for hydroxylation is 1. The number of ether oxygens (including phenoxy) is 1. The second kappa shape index (κ2) is 8.10. The van der Waals surface area contributed by atoms with Crippen LogP contribution in [0, 0.1) is 6.92 Å². The van der Waals surface area contributed by atoms with E-state index < -0.39 is 0 Å². The van der Waals surface area contributed by atoms with Crippen molar-refractivity contribution in [2.45, 2.75) is 39.2 Å². The van der Waals surface area contributed by atoms with Gasteiger partial charge in [-0.3, -0.25) is 0 Å². The maximum atomic E-state index is 5.94. The molecule has 146 valence electrons. The Morgan fingerprint density at radius 2 is 1.89 bits per heavy atom. The second-order valence-corrected chi connectivity index (χ2v) is 7.34. The van der Waals surface area contributed by atoms with Crippen LogP contribution in [0.5, 0.6) is 5.88 Å². The van der Waals surface area contributed by atoms with Gasteiger partial charge in [-0.2, -0.15) is 0 Å². The molecule has 6 nitrogen and oxygen atoms in total. The lowest BCUT2D eigenvalue weighted by Gasteiger charge is -2.20. The molecular formula is C22H26N4O2. The predicted molar refractivity (Wildman–Crippen MR) is 108 cm³/mol. The molecule has 0 amide bonds. The van der Waals surface area contributed by atoms with E-state index in [2.05, 4.69) is 22.0 Å². The van der Waals surface area contributed by atoms with Crippen molar-refractivity contribution in [2.24, 2.45) is 0 Å². The van der Waals surface area contributed by atoms with Crippen molar-refractivity contribution in [3.63, 3.8) is 0 Å². The summed E-state index contributed by atoms with van der Waals surface area (Å²) in [4.78, 5) is 7.29. The number of oxazole rings is 1. The number of hydrogen-bond donors (Lipinski definition) is 0. The standard InChI is InChI=1S/C22H26N4O2/c1-15-5-4-13-26(15)14-12-19-16(2)28-22(23-19)18-8-6-17(7-9-18)20-10-11-21(27-3)25-24-20/h6-11,15H,4-5,12-14H2,1-3H3/t15-/m1/s1. The molecule has 1 atom stereocenters. The van der Waals surface area contributed by atoms with E-state index in [1.165, 1.54) is 19.4 Å². The minimum Gasteiger partial charge on any atom is -0.480 e. The van der Waals surface area contributed by atoms with Gasteiger partial charge in [-0.1, -0.05) is 12.1 Å². The molecule has 0 N–H and O–H groups in total. The minimum atomic E-state index is 0.506. The fourth-order valence-electron chi connectivity index (χ4n) is 3.72. The van der Waals surface area contributed by atoms with Crippen molar-refractivity contribution in [3.05, 3.63) is 47.9 Å². The second-order valence-electron chi connectivity index (χ2n) is 7.34. The van der Waals surface area contributed by atoms with Crippen molar-refractivity contribution >= 4 is 0 Å². The van der Waals surface area contributed by atoms with Crippen molar-refractivity contribution in [3.8, 4) is 28.6 Å². The van der Waals surface area contributed by atoms with Crippen LogP contribution in [0.3, 0.4) is 0 Å². The summed E-state index contributed by atoms with van der Waals surface area (Å²) >= 11 is 0. The van der Waals surface area contributed by atoms with Crippen molar-refractivity contribution < 1.29 is 9.15 Å². The maximum Gasteiger partial charge on any atom is 0.233 e. The zero-order valence-corrected chi connectivity index (χ0v) is 16.7. The molecule has 0 unspecified atom stereocenters. The average Bonchev–Trinajstić information content (AvgIpc) is 3.31. The number of aromatic nitrogens is 3. The van der Waals surface area contributed by atoms with Gasteiger partial charge < -0.3 is 14.1 Å². The fourth-order valence-corrected chi connectivity index (χ4v) is 3.72. The summed E-state index contributed by atoms with van der Waals surface area (Å²) in [7, 11) is 1.58. The van der Waals surface area contributed by atoms with Crippen LogP contribution in [0.4, 0.5) is 0 Å². The number of methoxy groups -OCH3 is 1. The van der Waals surface area contributed by atoms with E-state index in [-0.39, 0.29) is 0 Å². The Morgan fingerprint density at radius 3 is 2.54 bits per heavy atom. The lowest BCUT2D eigenvalue weighted by molar-refractivity contribution is 0.271. The first kappa shape index (κ1) is 18.6. The maximum absolute atomic E-state index is 5.94. The molecule has 0 aliphatic carbocycles. The van der Waals surface area contributed by atoms with Gasteiger partial charge in [0.15, 0.2) is 0 Å². The van der Waals surface area contributed by atoms with Crippen LogP contribution in [-0.2, 0) is 6.42 Å². The molecule has 6 heteroatoms. The highest BCUT2D eigenvalue weighted by Gasteiger charge is 2.21. The van der Waals surface area contributed by atoms with E-state index in [1.54, 1.807) is 13.2 Å². The quantitative estimate of drug-likeness (QED) is 0.642. The van der Waals surface area contributed by atoms with Gasteiger partial charge in [0, 0.05) is 36.2 Å². The number of nitrogens with zero attached hydrogens (tertiary/aromatic N) is 4. The molecule has 3 heterocycles. The van der Waals surface area contributed by atoms with Gasteiger partial charge in [0.25, 0.3) is 0 Å². The van der Waals surface area contributed by atoms with Gasteiger partial charge in [-0.15, -0.1) is 10.2 Å². The molecule has 1 saturated heterocycles. The lowest BCUT2D eigenvalue weighted by atomic mass is 10.1. The molecule has 1 aromatic carbocycles. The monoisotopic (exact) mass is 378 g/mol. The summed E-state index contributed by atoms with van der Waals surface area (Å²) in [6, 6.07) is 12.4. The lowest BCUT2D eigenvalue weighted by Crippen LogP contribution is -2.29. The molecule has 1 aliphatic rings. The Morgan fingerprint density at radius 1 is 1.11 bits per heavy atom.